The number of nitrogens with zero attached hydrogens (tertiary/aromatic N) is 1. The van der Waals surface area contributed by atoms with Crippen molar-refractivity contribution >= 4 is 11.9 Å². The normalized spacial score (nSPS) is 18.6. The number of amides is 1. The minimum atomic E-state index is -1.14. The molecule has 0 bridgehead atoms. The van der Waals surface area contributed by atoms with Crippen LogP contribution in [0.15, 0.2) is 18.3 Å². The Kier molecular flexibility index (Phi) is 3.88. The van der Waals surface area contributed by atoms with Gasteiger partial charge in [-0.05, 0) is 18.6 Å². The lowest BCUT2D eigenvalue weighted by Crippen LogP contribution is -2.29. The number of carbonyl (C=O) groups excluding carboxylic acids is 1. The number of ether oxygens (including phenoxy) is 1. The zero-order valence-electron chi connectivity index (χ0n) is 9.76. The Labute approximate surface area is 104 Å². The van der Waals surface area contributed by atoms with Crippen molar-refractivity contribution in [1.82, 2.24) is 10.3 Å². The lowest BCUT2D eigenvalue weighted by molar-refractivity contribution is 0.0690. The van der Waals surface area contributed by atoms with Crippen molar-refractivity contribution in [3.8, 4) is 0 Å². The van der Waals surface area contributed by atoms with Gasteiger partial charge >= 0.3 is 5.97 Å². The van der Waals surface area contributed by atoms with E-state index in [0.29, 0.717) is 24.6 Å². The molecule has 18 heavy (non-hydrogen) atoms. The molecule has 96 valence electrons. The van der Waals surface area contributed by atoms with Gasteiger partial charge in [0.25, 0.3) is 5.91 Å². The molecule has 1 aliphatic rings. The van der Waals surface area contributed by atoms with E-state index in [2.05, 4.69) is 10.3 Å². The molecule has 1 aromatic heterocycles. The fourth-order valence-corrected chi connectivity index (χ4v) is 1.77. The molecule has 1 aliphatic heterocycles. The van der Waals surface area contributed by atoms with Crippen LogP contribution < -0.4 is 5.32 Å². The smallest absolute Gasteiger partial charge is 0.354 e. The van der Waals surface area contributed by atoms with Gasteiger partial charge in [-0.2, -0.15) is 0 Å². The average molecular weight is 250 g/mol. The van der Waals surface area contributed by atoms with Crippen molar-refractivity contribution in [3.63, 3.8) is 0 Å². The third-order valence-corrected chi connectivity index (χ3v) is 2.82. The van der Waals surface area contributed by atoms with E-state index in [1.54, 1.807) is 0 Å². The third-order valence-electron chi connectivity index (χ3n) is 2.82. The van der Waals surface area contributed by atoms with Gasteiger partial charge in [-0.3, -0.25) is 4.79 Å². The van der Waals surface area contributed by atoms with E-state index in [9.17, 15) is 9.59 Å². The predicted molar refractivity (Wildman–Crippen MR) is 62.5 cm³/mol. The zero-order valence-corrected chi connectivity index (χ0v) is 9.76. The van der Waals surface area contributed by atoms with Crippen LogP contribution >= 0.6 is 0 Å². The van der Waals surface area contributed by atoms with Crippen LogP contribution in [0, 0.1) is 5.92 Å². The predicted octanol–water partition coefficient (Wildman–Crippen LogP) is 0.546. The maximum atomic E-state index is 11.8. The average Bonchev–Trinajstić information content (AvgIpc) is 2.89. The quantitative estimate of drug-likeness (QED) is 0.814. The molecule has 2 heterocycles. The van der Waals surface area contributed by atoms with Crippen molar-refractivity contribution < 1.29 is 19.4 Å². The van der Waals surface area contributed by atoms with E-state index < -0.39 is 5.97 Å². The number of nitrogens with one attached hydrogen (secondary N) is 1. The Morgan fingerprint density at radius 1 is 1.56 bits per heavy atom. The van der Waals surface area contributed by atoms with E-state index in [1.807, 2.05) is 0 Å². The molecule has 2 N–H and O–H groups in total. The number of carboxylic acid groups (broad SMARTS) is 1. The maximum Gasteiger partial charge on any atom is 0.354 e. The summed E-state index contributed by atoms with van der Waals surface area (Å²) in [5, 5.41) is 11.6. The van der Waals surface area contributed by atoms with Gasteiger partial charge in [-0.1, -0.05) is 0 Å². The van der Waals surface area contributed by atoms with Crippen LogP contribution in [-0.4, -0.2) is 41.7 Å². The van der Waals surface area contributed by atoms with Gasteiger partial charge in [0.2, 0.25) is 0 Å². The molecular weight excluding hydrogens is 236 g/mol. The standard InChI is InChI=1S/C12H14N2O4/c15-11(14-6-8-2-4-18-7-8)9-1-3-13-10(5-9)12(16)17/h1,3,5,8H,2,4,6-7H2,(H,14,15)(H,16,17). The molecule has 2 rings (SSSR count). The van der Waals surface area contributed by atoms with Crippen molar-refractivity contribution in [1.29, 1.82) is 0 Å². The van der Waals surface area contributed by atoms with E-state index in [-0.39, 0.29) is 11.6 Å². The van der Waals surface area contributed by atoms with Crippen LogP contribution in [0.3, 0.4) is 0 Å². The molecule has 1 aromatic rings. The first-order valence-electron chi connectivity index (χ1n) is 5.72. The lowest BCUT2D eigenvalue weighted by atomic mass is 10.1. The Hall–Kier alpha value is -1.95. The number of carbonyl (C=O) groups is 2. The van der Waals surface area contributed by atoms with Gasteiger partial charge in [0, 0.05) is 30.8 Å². The third kappa shape index (κ3) is 3.04. The highest BCUT2D eigenvalue weighted by Crippen LogP contribution is 2.11. The first-order valence-corrected chi connectivity index (χ1v) is 5.72. The van der Waals surface area contributed by atoms with Crippen molar-refractivity contribution in [2.45, 2.75) is 6.42 Å². The molecule has 6 heteroatoms. The number of aromatic nitrogens is 1. The summed E-state index contributed by atoms with van der Waals surface area (Å²) >= 11 is 0. The van der Waals surface area contributed by atoms with Crippen molar-refractivity contribution in [2.75, 3.05) is 19.8 Å². The molecule has 1 fully saturated rings. The summed E-state index contributed by atoms with van der Waals surface area (Å²) in [6.45, 7) is 1.94. The topological polar surface area (TPSA) is 88.5 Å². The molecule has 1 unspecified atom stereocenters. The number of rotatable bonds is 4. The Morgan fingerprint density at radius 3 is 3.06 bits per heavy atom. The summed E-state index contributed by atoms with van der Waals surface area (Å²) in [4.78, 5) is 26.2. The minimum absolute atomic E-state index is 0.133. The summed E-state index contributed by atoms with van der Waals surface area (Å²) < 4.78 is 5.21. The van der Waals surface area contributed by atoms with E-state index in [0.717, 1.165) is 13.0 Å². The van der Waals surface area contributed by atoms with E-state index in [4.69, 9.17) is 9.84 Å². The second-order valence-corrected chi connectivity index (χ2v) is 4.17. The first kappa shape index (κ1) is 12.5. The monoisotopic (exact) mass is 250 g/mol. The van der Waals surface area contributed by atoms with Crippen LogP contribution in [0.2, 0.25) is 0 Å². The Bertz CT molecular complexity index is 455. The summed E-state index contributed by atoms with van der Waals surface area (Å²) in [6.07, 6.45) is 2.26. The SMILES string of the molecule is O=C(NCC1CCOC1)c1ccnc(C(=O)O)c1. The van der Waals surface area contributed by atoms with Gasteiger partial charge < -0.3 is 15.2 Å². The van der Waals surface area contributed by atoms with Crippen molar-refractivity contribution in [3.05, 3.63) is 29.6 Å². The molecule has 1 atom stereocenters. The molecule has 0 spiro atoms. The fourth-order valence-electron chi connectivity index (χ4n) is 1.77. The molecule has 0 saturated carbocycles. The summed E-state index contributed by atoms with van der Waals surface area (Å²) in [7, 11) is 0. The van der Waals surface area contributed by atoms with Crippen LogP contribution in [0.4, 0.5) is 0 Å². The summed E-state index contributed by atoms with van der Waals surface area (Å²) in [5.74, 6) is -1.09. The zero-order chi connectivity index (χ0) is 13.0. The summed E-state index contributed by atoms with van der Waals surface area (Å²) in [6, 6.07) is 2.76. The Morgan fingerprint density at radius 2 is 2.39 bits per heavy atom. The molecule has 1 saturated heterocycles. The second kappa shape index (κ2) is 5.59. The largest absolute Gasteiger partial charge is 0.477 e. The van der Waals surface area contributed by atoms with Gasteiger partial charge in [0.05, 0.1) is 6.61 Å². The lowest BCUT2D eigenvalue weighted by Gasteiger charge is -2.09. The highest BCUT2D eigenvalue weighted by molar-refractivity contribution is 5.96. The highest BCUT2D eigenvalue weighted by Gasteiger charge is 2.17. The van der Waals surface area contributed by atoms with Gasteiger partial charge in [-0.15, -0.1) is 0 Å². The molecule has 0 aliphatic carbocycles. The minimum Gasteiger partial charge on any atom is -0.477 e. The number of carboxylic acids is 1. The number of hydrogen-bond donors (Lipinski definition) is 2. The molecule has 6 nitrogen and oxygen atoms in total. The molecule has 0 radical (unpaired) electrons. The molecular formula is C12H14N2O4. The number of pyridine rings is 1. The van der Waals surface area contributed by atoms with E-state index >= 15 is 0 Å². The highest BCUT2D eigenvalue weighted by atomic mass is 16.5. The van der Waals surface area contributed by atoms with Gasteiger partial charge in [0.15, 0.2) is 0 Å². The maximum absolute atomic E-state index is 11.8. The van der Waals surface area contributed by atoms with Crippen LogP contribution in [-0.2, 0) is 4.74 Å². The summed E-state index contributed by atoms with van der Waals surface area (Å²) in [5.41, 5.74) is 0.174. The van der Waals surface area contributed by atoms with Crippen LogP contribution in [0.1, 0.15) is 27.3 Å². The number of hydrogen-bond acceptors (Lipinski definition) is 4. The molecule has 1 amide bonds. The Balaban J connectivity index is 1.95. The number of aromatic carboxylic acids is 1. The molecule has 0 aromatic carbocycles. The van der Waals surface area contributed by atoms with Gasteiger partial charge in [-0.25, -0.2) is 9.78 Å². The van der Waals surface area contributed by atoms with Gasteiger partial charge in [0.1, 0.15) is 5.69 Å². The van der Waals surface area contributed by atoms with Crippen LogP contribution in [0.5, 0.6) is 0 Å². The van der Waals surface area contributed by atoms with Crippen LogP contribution in [0.25, 0.3) is 0 Å². The van der Waals surface area contributed by atoms with Crippen molar-refractivity contribution in [2.24, 2.45) is 5.92 Å². The second-order valence-electron chi connectivity index (χ2n) is 4.17. The fraction of sp³-hybridized carbons (Fsp3) is 0.417. The van der Waals surface area contributed by atoms with E-state index in [1.165, 1.54) is 18.3 Å². The first-order chi connectivity index (χ1) is 8.66.